The van der Waals surface area contributed by atoms with E-state index in [1.165, 1.54) is 17.7 Å². The standard InChI is InChI=1S/C55H46F2N4O/c1-35(2)48-29-40(39-27-41(56)31-42(57)28-39)30-49(36(3)4)55(48)60-34-59(51-18-10-11-19-52(51)60)43-25-38(24-37-14-6-5-7-15-37)26-45(32-43)62-44-21-22-47-46-16-8-9-17-50(46)61(53(47)33-44)54-20-12-13-23-58-54/h5-23,25-33,35-36H,24,34H2,1-4H3. The monoisotopic (exact) mass is 816 g/mol. The second-order valence-corrected chi connectivity index (χ2v) is 16.8. The van der Waals surface area contributed by atoms with Crippen LogP contribution in [0.4, 0.5) is 31.5 Å². The molecule has 9 aromatic rings. The molecular formula is C55H46F2N4O. The van der Waals surface area contributed by atoms with Crippen molar-refractivity contribution in [2.45, 2.75) is 46.0 Å². The van der Waals surface area contributed by atoms with Gasteiger partial charge < -0.3 is 14.5 Å². The van der Waals surface area contributed by atoms with Crippen molar-refractivity contribution in [3.63, 3.8) is 0 Å². The molecule has 0 N–H and O–H groups in total. The Hall–Kier alpha value is -7.25. The van der Waals surface area contributed by atoms with E-state index in [4.69, 9.17) is 9.72 Å². The summed E-state index contributed by atoms with van der Waals surface area (Å²) in [6.45, 7) is 9.28. The van der Waals surface area contributed by atoms with Crippen LogP contribution in [0.15, 0.2) is 170 Å². The van der Waals surface area contributed by atoms with Gasteiger partial charge in [-0.3, -0.25) is 4.57 Å². The maximum atomic E-state index is 14.5. The number of benzene rings is 7. The van der Waals surface area contributed by atoms with Gasteiger partial charge in [0.25, 0.3) is 0 Å². The number of fused-ring (bicyclic) bond motifs is 4. The average molecular weight is 817 g/mol. The maximum Gasteiger partial charge on any atom is 0.137 e. The molecule has 0 fully saturated rings. The molecule has 0 saturated heterocycles. The zero-order valence-corrected chi connectivity index (χ0v) is 35.2. The SMILES string of the molecule is CC(C)c1cc(-c2cc(F)cc(F)c2)cc(C(C)C)c1N1CN(c2cc(Cc3ccccc3)cc(Oc3ccc4c5ccccc5n(-c5ccccn5)c4c3)c2)c2ccccc21. The second kappa shape index (κ2) is 16.0. The van der Waals surface area contributed by atoms with Gasteiger partial charge in [-0.2, -0.15) is 0 Å². The molecule has 0 aliphatic carbocycles. The molecule has 0 radical (unpaired) electrons. The number of nitrogens with zero attached hydrogens (tertiary/aromatic N) is 4. The molecule has 0 bridgehead atoms. The lowest BCUT2D eigenvalue weighted by atomic mass is 9.87. The predicted molar refractivity (Wildman–Crippen MR) is 250 cm³/mol. The van der Waals surface area contributed by atoms with Crippen LogP contribution in [0.3, 0.4) is 0 Å². The van der Waals surface area contributed by atoms with Gasteiger partial charge >= 0.3 is 0 Å². The highest BCUT2D eigenvalue weighted by molar-refractivity contribution is 6.09. The Morgan fingerprint density at radius 3 is 1.90 bits per heavy atom. The lowest BCUT2D eigenvalue weighted by Crippen LogP contribution is -2.26. The number of pyridine rings is 1. The summed E-state index contributed by atoms with van der Waals surface area (Å²) in [5, 5.41) is 2.28. The molecule has 62 heavy (non-hydrogen) atoms. The third-order valence-electron chi connectivity index (χ3n) is 11.9. The topological polar surface area (TPSA) is 33.5 Å². The van der Waals surface area contributed by atoms with Gasteiger partial charge in [0.2, 0.25) is 0 Å². The van der Waals surface area contributed by atoms with E-state index in [1.807, 2.05) is 30.5 Å². The molecule has 3 heterocycles. The van der Waals surface area contributed by atoms with E-state index in [1.54, 1.807) is 0 Å². The fourth-order valence-electron chi connectivity index (χ4n) is 9.06. The molecule has 1 aliphatic rings. The Bertz CT molecular complexity index is 3050. The number of hydrogen-bond acceptors (Lipinski definition) is 4. The van der Waals surface area contributed by atoms with Gasteiger partial charge in [-0.05, 0) is 131 Å². The minimum absolute atomic E-state index is 0.130. The van der Waals surface area contributed by atoms with Gasteiger partial charge in [-0.15, -0.1) is 0 Å². The number of halogens is 2. The molecule has 10 rings (SSSR count). The summed E-state index contributed by atoms with van der Waals surface area (Å²) in [5.41, 5.74) is 12.3. The number of rotatable bonds is 10. The average Bonchev–Trinajstić information content (AvgIpc) is 3.82. The summed E-state index contributed by atoms with van der Waals surface area (Å²) in [6, 6.07) is 54.3. The normalized spacial score (nSPS) is 12.6. The van der Waals surface area contributed by atoms with Crippen LogP contribution >= 0.6 is 0 Å². The highest BCUT2D eigenvalue weighted by Crippen LogP contribution is 2.50. The van der Waals surface area contributed by atoms with Crippen molar-refractivity contribution in [1.82, 2.24) is 9.55 Å². The van der Waals surface area contributed by atoms with Crippen LogP contribution in [0.2, 0.25) is 0 Å². The third kappa shape index (κ3) is 7.23. The molecule has 0 amide bonds. The Morgan fingerprint density at radius 1 is 0.548 bits per heavy atom. The quantitative estimate of drug-likeness (QED) is 0.138. The Kier molecular flexibility index (Phi) is 10.0. The summed E-state index contributed by atoms with van der Waals surface area (Å²) in [5.74, 6) is 1.40. The van der Waals surface area contributed by atoms with Gasteiger partial charge in [-0.25, -0.2) is 13.8 Å². The van der Waals surface area contributed by atoms with E-state index >= 15 is 0 Å². The Morgan fingerprint density at radius 2 is 1.19 bits per heavy atom. The number of aromatic nitrogens is 2. The van der Waals surface area contributed by atoms with Crippen LogP contribution in [0.1, 0.15) is 61.8 Å². The molecular weight excluding hydrogens is 771 g/mol. The lowest BCUT2D eigenvalue weighted by Gasteiger charge is -2.30. The van der Waals surface area contributed by atoms with Crippen LogP contribution in [0.25, 0.3) is 38.8 Å². The fourth-order valence-corrected chi connectivity index (χ4v) is 9.06. The van der Waals surface area contributed by atoms with Gasteiger partial charge in [0, 0.05) is 46.5 Å². The third-order valence-corrected chi connectivity index (χ3v) is 11.9. The predicted octanol–water partition coefficient (Wildman–Crippen LogP) is 15.0. The van der Waals surface area contributed by atoms with Crippen LogP contribution in [-0.2, 0) is 6.42 Å². The van der Waals surface area contributed by atoms with Crippen molar-refractivity contribution in [3.05, 3.63) is 204 Å². The van der Waals surface area contributed by atoms with E-state index < -0.39 is 11.6 Å². The van der Waals surface area contributed by atoms with Crippen molar-refractivity contribution < 1.29 is 13.5 Å². The van der Waals surface area contributed by atoms with Crippen molar-refractivity contribution in [2.24, 2.45) is 0 Å². The first-order chi connectivity index (χ1) is 30.2. The molecule has 1 aliphatic heterocycles. The lowest BCUT2D eigenvalue weighted by molar-refractivity contribution is 0.483. The zero-order chi connectivity index (χ0) is 42.5. The number of hydrogen-bond donors (Lipinski definition) is 0. The first-order valence-electron chi connectivity index (χ1n) is 21.3. The first-order valence-corrected chi connectivity index (χ1v) is 21.3. The highest BCUT2D eigenvalue weighted by atomic mass is 19.1. The van der Waals surface area contributed by atoms with E-state index in [9.17, 15) is 8.78 Å². The Balaban J connectivity index is 1.08. The van der Waals surface area contributed by atoms with E-state index in [2.05, 4.69) is 163 Å². The Labute approximate surface area is 361 Å². The van der Waals surface area contributed by atoms with Crippen LogP contribution in [0.5, 0.6) is 11.5 Å². The summed E-state index contributed by atoms with van der Waals surface area (Å²) >= 11 is 0. The number of ether oxygens (including phenoxy) is 1. The molecule has 0 saturated carbocycles. The van der Waals surface area contributed by atoms with Crippen molar-refractivity contribution in [2.75, 3.05) is 16.5 Å². The van der Waals surface area contributed by atoms with Gasteiger partial charge in [0.15, 0.2) is 0 Å². The van der Waals surface area contributed by atoms with Crippen LogP contribution in [-0.4, -0.2) is 16.2 Å². The zero-order valence-electron chi connectivity index (χ0n) is 35.2. The van der Waals surface area contributed by atoms with Crippen molar-refractivity contribution in [1.29, 1.82) is 0 Å². The molecule has 7 aromatic carbocycles. The molecule has 0 spiro atoms. The summed E-state index contributed by atoms with van der Waals surface area (Å²) in [4.78, 5) is 9.50. The minimum atomic E-state index is -0.587. The van der Waals surface area contributed by atoms with Gasteiger partial charge in [-0.1, -0.05) is 94.4 Å². The van der Waals surface area contributed by atoms with E-state index in [0.717, 1.165) is 96.6 Å². The smallest absolute Gasteiger partial charge is 0.137 e. The van der Waals surface area contributed by atoms with Crippen LogP contribution in [0, 0.1) is 11.6 Å². The molecule has 306 valence electrons. The fraction of sp³-hybridized carbons (Fsp3) is 0.145. The van der Waals surface area contributed by atoms with Gasteiger partial charge in [0.05, 0.1) is 22.4 Å². The number of para-hydroxylation sites is 3. The molecule has 5 nitrogen and oxygen atoms in total. The van der Waals surface area contributed by atoms with Crippen molar-refractivity contribution >= 4 is 44.6 Å². The summed E-state index contributed by atoms with van der Waals surface area (Å²) in [6.07, 6.45) is 2.56. The van der Waals surface area contributed by atoms with Gasteiger partial charge in [0.1, 0.15) is 35.6 Å². The number of anilines is 4. The highest BCUT2D eigenvalue weighted by Gasteiger charge is 2.32. The van der Waals surface area contributed by atoms with Crippen molar-refractivity contribution in [3.8, 4) is 28.4 Å². The maximum absolute atomic E-state index is 14.5. The minimum Gasteiger partial charge on any atom is -0.457 e. The molecule has 0 unspecified atom stereocenters. The molecule has 7 heteroatoms. The van der Waals surface area contributed by atoms with Crippen LogP contribution < -0.4 is 14.5 Å². The molecule has 2 aromatic heterocycles. The summed E-state index contributed by atoms with van der Waals surface area (Å²) < 4.78 is 38.2. The summed E-state index contributed by atoms with van der Waals surface area (Å²) in [7, 11) is 0. The second-order valence-electron chi connectivity index (χ2n) is 16.8. The molecule has 0 atom stereocenters. The van der Waals surface area contributed by atoms with E-state index in [0.29, 0.717) is 12.2 Å². The largest absolute Gasteiger partial charge is 0.457 e. The first kappa shape index (κ1) is 38.9. The van der Waals surface area contributed by atoms with E-state index in [-0.39, 0.29) is 11.8 Å².